The van der Waals surface area contributed by atoms with E-state index in [1.54, 1.807) is 24.3 Å². The Hall–Kier alpha value is -2.81. The van der Waals surface area contributed by atoms with Crippen LogP contribution in [0.4, 0.5) is 5.69 Å². The molecule has 2 N–H and O–H groups in total. The maximum atomic E-state index is 11.3. The van der Waals surface area contributed by atoms with Gasteiger partial charge in [-0.15, -0.1) is 0 Å². The Morgan fingerprint density at radius 2 is 2.21 bits per heavy atom. The molecule has 0 aromatic heterocycles. The molecule has 0 heterocycles. The zero-order valence-electron chi connectivity index (χ0n) is 10.2. The van der Waals surface area contributed by atoms with E-state index in [0.717, 1.165) is 6.21 Å². The minimum atomic E-state index is -0.579. The van der Waals surface area contributed by atoms with Crippen LogP contribution in [0.1, 0.15) is 12.0 Å². The highest BCUT2D eigenvalue weighted by Gasteiger charge is 2.03. The molecule has 0 unspecified atom stereocenters. The number of amides is 1. The first-order chi connectivity index (χ1) is 9.17. The summed E-state index contributed by atoms with van der Waals surface area (Å²) in [6.07, 6.45) is 0.704. The van der Waals surface area contributed by atoms with Gasteiger partial charge in [0, 0.05) is 5.56 Å². The molecule has 1 rings (SSSR count). The molecule has 19 heavy (non-hydrogen) atoms. The summed E-state index contributed by atoms with van der Waals surface area (Å²) in [5, 5.41) is 13.4. The summed E-state index contributed by atoms with van der Waals surface area (Å²) in [5.41, 5.74) is 1.01. The fraction of sp³-hybridized carbons (Fsp3) is 0.154. The highest BCUT2D eigenvalue weighted by Crippen LogP contribution is 2.13. The Kier molecular flexibility index (Phi) is 5.63. The van der Waals surface area contributed by atoms with Gasteiger partial charge in [0.15, 0.2) is 0 Å². The predicted octanol–water partition coefficient (Wildman–Crippen LogP) is 1.000. The van der Waals surface area contributed by atoms with E-state index >= 15 is 0 Å². The molecule has 1 aromatic carbocycles. The smallest absolute Gasteiger partial charge is 0.317 e. The first-order valence-corrected chi connectivity index (χ1v) is 5.30. The number of hydrogen-bond donors (Lipinski definition) is 2. The van der Waals surface area contributed by atoms with Gasteiger partial charge in [-0.1, -0.05) is 29.1 Å². The largest absolute Gasteiger partial charge is 0.468 e. The van der Waals surface area contributed by atoms with Crippen LogP contribution in [0, 0.1) is 11.8 Å². The maximum absolute atomic E-state index is 11.3. The van der Waals surface area contributed by atoms with E-state index in [0.29, 0.717) is 11.3 Å². The number of ether oxygens (including phenoxy) is 1. The highest BCUT2D eigenvalue weighted by molar-refractivity contribution is 6.31. The normalized spacial score (nSPS) is 9.53. The van der Waals surface area contributed by atoms with Crippen LogP contribution in [0.5, 0.6) is 0 Å². The Morgan fingerprint density at radius 1 is 1.47 bits per heavy atom. The molecular formula is C13H12N2O4. The van der Waals surface area contributed by atoms with Crippen LogP contribution in [0.25, 0.3) is 0 Å². The van der Waals surface area contributed by atoms with Crippen molar-refractivity contribution in [3.63, 3.8) is 0 Å². The third-order valence-corrected chi connectivity index (χ3v) is 2.04. The summed E-state index contributed by atoms with van der Waals surface area (Å²) >= 11 is 0. The highest BCUT2D eigenvalue weighted by atomic mass is 16.5. The summed E-state index contributed by atoms with van der Waals surface area (Å²) < 4.78 is 4.46. The van der Waals surface area contributed by atoms with Gasteiger partial charge in [-0.3, -0.25) is 9.59 Å². The molecule has 98 valence electrons. The zero-order chi connectivity index (χ0) is 14.1. The van der Waals surface area contributed by atoms with Crippen LogP contribution < -0.4 is 5.32 Å². The number of hydrogen-bond acceptors (Lipinski definition) is 5. The lowest BCUT2D eigenvalue weighted by atomic mass is 10.1. The molecule has 0 bridgehead atoms. The van der Waals surface area contributed by atoms with Gasteiger partial charge < -0.3 is 15.3 Å². The zero-order valence-corrected chi connectivity index (χ0v) is 10.2. The van der Waals surface area contributed by atoms with Gasteiger partial charge in [0.25, 0.3) is 5.91 Å². The van der Waals surface area contributed by atoms with E-state index in [1.165, 1.54) is 7.11 Å². The maximum Gasteiger partial charge on any atom is 0.317 e. The number of methoxy groups -OCH3 is 1. The van der Waals surface area contributed by atoms with E-state index in [1.807, 2.05) is 0 Å². The van der Waals surface area contributed by atoms with Crippen molar-refractivity contribution in [1.29, 1.82) is 0 Å². The molecule has 0 aliphatic rings. The topological polar surface area (TPSA) is 88.0 Å². The van der Waals surface area contributed by atoms with Crippen molar-refractivity contribution in [1.82, 2.24) is 0 Å². The lowest BCUT2D eigenvalue weighted by Gasteiger charge is -2.03. The first kappa shape index (κ1) is 14.3. The molecule has 1 amide bonds. The number of esters is 1. The number of para-hydroxylation sites is 1. The van der Waals surface area contributed by atoms with Crippen molar-refractivity contribution in [3.8, 4) is 11.8 Å². The second-order valence-corrected chi connectivity index (χ2v) is 3.33. The number of carbonyl (C=O) groups is 2. The summed E-state index contributed by atoms with van der Waals surface area (Å²) in [5.74, 6) is 4.38. The summed E-state index contributed by atoms with van der Waals surface area (Å²) in [6, 6.07) is 6.80. The number of carbonyl (C=O) groups excluding carboxylic acids is 2. The van der Waals surface area contributed by atoms with Gasteiger partial charge in [0.2, 0.25) is 0 Å². The molecule has 6 nitrogen and oxygen atoms in total. The van der Waals surface area contributed by atoms with Crippen molar-refractivity contribution >= 4 is 23.8 Å². The molecule has 0 aliphatic heterocycles. The summed E-state index contributed by atoms with van der Waals surface area (Å²) in [6.45, 7) is 0. The Labute approximate surface area is 110 Å². The van der Waals surface area contributed by atoms with E-state index in [-0.39, 0.29) is 6.42 Å². The fourth-order valence-corrected chi connectivity index (χ4v) is 1.20. The second-order valence-electron chi connectivity index (χ2n) is 3.33. The Bertz CT molecular complexity index is 555. The van der Waals surface area contributed by atoms with Crippen molar-refractivity contribution in [3.05, 3.63) is 29.8 Å². The number of oxime groups is 1. The van der Waals surface area contributed by atoms with Crippen LogP contribution in [0.3, 0.4) is 0 Å². The third kappa shape index (κ3) is 4.91. The molecule has 0 saturated carbocycles. The number of benzene rings is 1. The molecule has 0 radical (unpaired) electrons. The minimum Gasteiger partial charge on any atom is -0.468 e. The van der Waals surface area contributed by atoms with Crippen molar-refractivity contribution in [2.45, 2.75) is 6.42 Å². The first-order valence-electron chi connectivity index (χ1n) is 5.30. The van der Waals surface area contributed by atoms with Gasteiger partial charge >= 0.3 is 5.97 Å². The number of anilines is 1. The van der Waals surface area contributed by atoms with Gasteiger partial charge in [-0.25, -0.2) is 0 Å². The molecule has 0 aliphatic carbocycles. The minimum absolute atomic E-state index is 0.0309. The third-order valence-electron chi connectivity index (χ3n) is 2.04. The lowest BCUT2D eigenvalue weighted by molar-refractivity contribution is -0.139. The van der Waals surface area contributed by atoms with Crippen molar-refractivity contribution < 1.29 is 19.5 Å². The monoisotopic (exact) mass is 260 g/mol. The summed E-state index contributed by atoms with van der Waals surface area (Å²) in [7, 11) is 1.28. The average Bonchev–Trinajstić information content (AvgIpc) is 2.40. The van der Waals surface area contributed by atoms with E-state index in [9.17, 15) is 9.59 Å². The van der Waals surface area contributed by atoms with Gasteiger partial charge in [0.05, 0.1) is 12.8 Å². The molecule has 0 atom stereocenters. The van der Waals surface area contributed by atoms with Crippen molar-refractivity contribution in [2.24, 2.45) is 5.16 Å². The number of rotatable bonds is 3. The molecule has 0 saturated heterocycles. The molecule has 6 heteroatoms. The van der Waals surface area contributed by atoms with Crippen molar-refractivity contribution in [2.75, 3.05) is 12.4 Å². The number of nitrogens with one attached hydrogen (secondary N) is 1. The van der Waals surface area contributed by atoms with E-state index in [4.69, 9.17) is 5.21 Å². The van der Waals surface area contributed by atoms with Crippen LogP contribution in [0.2, 0.25) is 0 Å². The average molecular weight is 260 g/mol. The Balaban J connectivity index is 2.84. The standard InChI is InChI=1S/C13H12N2O4/c1-19-13(17)8-4-6-10-5-2-3-7-11(10)15-12(16)9-14-18/h2-3,5,7,9,18H,8H2,1H3,(H,15,16). The molecule has 1 aromatic rings. The number of nitrogens with zero attached hydrogens (tertiary/aromatic N) is 1. The summed E-state index contributed by atoms with van der Waals surface area (Å²) in [4.78, 5) is 22.2. The predicted molar refractivity (Wildman–Crippen MR) is 68.9 cm³/mol. The quantitative estimate of drug-likeness (QED) is 0.279. The van der Waals surface area contributed by atoms with Crippen LogP contribution >= 0.6 is 0 Å². The molecular weight excluding hydrogens is 248 g/mol. The van der Waals surface area contributed by atoms with Crippen LogP contribution in [0.15, 0.2) is 29.4 Å². The lowest BCUT2D eigenvalue weighted by Crippen LogP contribution is -2.13. The van der Waals surface area contributed by atoms with Crippen LogP contribution in [-0.2, 0) is 14.3 Å². The molecule has 0 spiro atoms. The van der Waals surface area contributed by atoms with Gasteiger partial charge in [0.1, 0.15) is 12.6 Å². The van der Waals surface area contributed by atoms with Crippen LogP contribution in [-0.4, -0.2) is 30.4 Å². The molecule has 0 fully saturated rings. The van der Waals surface area contributed by atoms with E-state index < -0.39 is 11.9 Å². The van der Waals surface area contributed by atoms with Gasteiger partial charge in [-0.2, -0.15) is 0 Å². The van der Waals surface area contributed by atoms with Gasteiger partial charge in [-0.05, 0) is 12.1 Å². The second kappa shape index (κ2) is 7.50. The Morgan fingerprint density at radius 3 is 2.89 bits per heavy atom. The SMILES string of the molecule is COC(=O)CC#Cc1ccccc1NC(=O)C=NO. The van der Waals surface area contributed by atoms with E-state index in [2.05, 4.69) is 27.1 Å². The fourth-order valence-electron chi connectivity index (χ4n) is 1.20.